The highest BCUT2D eigenvalue weighted by Gasteiger charge is 2.62. The Morgan fingerprint density at radius 3 is 1.33 bits per heavy atom. The number of nitrogens with zero attached hydrogens (tertiary/aromatic N) is 3. The molecule has 0 amide bonds. The molecule has 93 heavy (non-hydrogen) atoms. The van der Waals surface area contributed by atoms with Crippen molar-refractivity contribution in [3.63, 3.8) is 0 Å². The summed E-state index contributed by atoms with van der Waals surface area (Å²) in [5.41, 5.74) is 22.5. The number of fused-ring (bicyclic) bond motifs is 8. The molecule has 2 aliphatic carbocycles. The van der Waals surface area contributed by atoms with Crippen LogP contribution >= 0.6 is 35.3 Å². The van der Waals surface area contributed by atoms with Crippen LogP contribution < -0.4 is 14.7 Å². The average molecular weight is 1270 g/mol. The summed E-state index contributed by atoms with van der Waals surface area (Å²) in [5.74, 6) is 0. The van der Waals surface area contributed by atoms with Crippen LogP contribution in [0.5, 0.6) is 0 Å². The number of hydrogen-bond donors (Lipinski definition) is 0. The van der Waals surface area contributed by atoms with E-state index in [1.54, 1.807) is 0 Å². The highest BCUT2D eigenvalue weighted by atomic mass is 32.2. The lowest BCUT2D eigenvalue weighted by molar-refractivity contribution is 0.262. The van der Waals surface area contributed by atoms with Gasteiger partial charge in [-0.1, -0.05) is 198 Å². The Kier molecular flexibility index (Phi) is 14.5. The van der Waals surface area contributed by atoms with Gasteiger partial charge in [0.2, 0.25) is 0 Å². The van der Waals surface area contributed by atoms with Crippen LogP contribution in [0.4, 0.5) is 34.1 Å². The van der Waals surface area contributed by atoms with Crippen LogP contribution in [0.25, 0.3) is 87.6 Å². The van der Waals surface area contributed by atoms with Crippen molar-refractivity contribution in [3.8, 4) is 44.5 Å². The highest BCUT2D eigenvalue weighted by Crippen LogP contribution is 2.68. The van der Waals surface area contributed by atoms with E-state index >= 15 is 0 Å². The third kappa shape index (κ3) is 8.65. The molecule has 3 heterocycles. The fourth-order valence-corrected chi connectivity index (χ4v) is 22.9. The van der Waals surface area contributed by atoms with E-state index in [4.69, 9.17) is 0 Å². The second-order valence-electron chi connectivity index (χ2n) is 28.0. The molecule has 5 unspecified atom stereocenters. The summed E-state index contributed by atoms with van der Waals surface area (Å²) in [4.78, 5) is 8.10. The monoisotopic (exact) mass is 1270 g/mol. The number of anilines is 6. The molecule has 0 spiro atoms. The van der Waals surface area contributed by atoms with Gasteiger partial charge in [0, 0.05) is 40.7 Å². The third-order valence-corrected chi connectivity index (χ3v) is 28.1. The standard InChI is InChI=1S/C87H83N3S3/c1-7-8-9-21-49-85(91-4)57-88(62-29-13-10-14-30-62)78-44-37-59(52-75(78)85)71-55-72(60-38-45-79-76(53-60)86(92-5)50-24-22-47-83(86,2)89(79)63-31-15-11-16-32-63)67-40-41-69-73(56-74(70-43-42-68(71)81(67)82(69)70)66-36-26-28-58-27-19-20-35-65(58)66)61-39-46-80-77(54-61)87(93-6)51-25-23-48-84(87,3)90(80)64-33-17-12-18-34-64/h10-20,26-46,52-56H,7-9,21-25,47-51,57H2,1-6H3. The minimum Gasteiger partial charge on any atom is -0.339 e. The molecule has 0 bridgehead atoms. The number of unbranched alkanes of at least 4 members (excludes halogenated alkanes) is 3. The van der Waals surface area contributed by atoms with Crippen molar-refractivity contribution in [2.24, 2.45) is 0 Å². The van der Waals surface area contributed by atoms with Gasteiger partial charge in [-0.3, -0.25) is 0 Å². The van der Waals surface area contributed by atoms with Crippen LogP contribution in [-0.2, 0) is 14.2 Å². The van der Waals surface area contributed by atoms with E-state index < -0.39 is 0 Å². The second-order valence-corrected chi connectivity index (χ2v) is 31.4. The molecule has 0 radical (unpaired) electrons. The van der Waals surface area contributed by atoms with Crippen LogP contribution in [0, 0.1) is 0 Å². The molecule has 0 N–H and O–H groups in total. The Labute approximate surface area is 563 Å². The van der Waals surface area contributed by atoms with Crippen molar-refractivity contribution < 1.29 is 0 Å². The first-order valence-corrected chi connectivity index (χ1v) is 38.2. The van der Waals surface area contributed by atoms with E-state index in [9.17, 15) is 0 Å². The Balaban J connectivity index is 0.960. The fourth-order valence-electron chi connectivity index (χ4n) is 19.2. The van der Waals surface area contributed by atoms with Crippen LogP contribution in [-0.4, -0.2) is 36.4 Å². The Hall–Kier alpha value is -7.61. The molecule has 3 nitrogen and oxygen atoms in total. The summed E-state index contributed by atoms with van der Waals surface area (Å²) in [6.07, 6.45) is 22.9. The first-order valence-electron chi connectivity index (χ1n) is 34.5. The zero-order valence-electron chi connectivity index (χ0n) is 54.8. The maximum absolute atomic E-state index is 2.74. The topological polar surface area (TPSA) is 9.72 Å². The van der Waals surface area contributed by atoms with Gasteiger partial charge in [0.25, 0.3) is 0 Å². The average Bonchev–Trinajstić information content (AvgIpc) is 1.70. The van der Waals surface area contributed by atoms with Gasteiger partial charge >= 0.3 is 0 Å². The molecule has 6 heteroatoms. The number of benzene rings is 12. The van der Waals surface area contributed by atoms with Crippen LogP contribution in [0.1, 0.15) is 121 Å². The molecule has 2 saturated carbocycles. The Morgan fingerprint density at radius 2 is 0.817 bits per heavy atom. The van der Waals surface area contributed by atoms with Crippen molar-refractivity contribution in [2.45, 2.75) is 130 Å². The Bertz CT molecular complexity index is 4870. The van der Waals surface area contributed by atoms with Crippen LogP contribution in [0.2, 0.25) is 0 Å². The lowest BCUT2D eigenvalue weighted by Gasteiger charge is -2.51. The molecular weight excluding hydrogens is 1180 g/mol. The summed E-state index contributed by atoms with van der Waals surface area (Å²) < 4.78 is -0.221. The zero-order chi connectivity index (χ0) is 62.8. The minimum absolute atomic E-state index is 0.0644. The Morgan fingerprint density at radius 1 is 0.366 bits per heavy atom. The second kappa shape index (κ2) is 22.8. The summed E-state index contributed by atoms with van der Waals surface area (Å²) in [5, 5.41) is 10.5. The first kappa shape index (κ1) is 59.2. The zero-order valence-corrected chi connectivity index (χ0v) is 57.3. The predicted molar refractivity (Wildman–Crippen MR) is 408 cm³/mol. The smallest absolute Gasteiger partial charge is 0.0658 e. The SMILES string of the molecule is CCCCCCC1(SC)CN(c2ccccc2)c2ccc(-c3cc(-c4ccc5c(c4)C4(SC)CCCCC4(C)N5c4ccccc4)c4ccc5c(-c6ccc7c(c6)C6(SC)CCCCC6(C)N7c6ccccc6)cc(-c6cccc7ccccc67)c6ccc3c4c56)cc21. The fraction of sp³-hybridized carbons (Fsp3) is 0.287. The predicted octanol–water partition coefficient (Wildman–Crippen LogP) is 25.2. The van der Waals surface area contributed by atoms with Gasteiger partial charge in [-0.25, -0.2) is 0 Å². The largest absolute Gasteiger partial charge is 0.339 e. The normalized spacial score (nSPS) is 23.1. The lowest BCUT2D eigenvalue weighted by Crippen LogP contribution is -2.54. The summed E-state index contributed by atoms with van der Waals surface area (Å²) in [7, 11) is 0. The van der Waals surface area contributed by atoms with Gasteiger partial charge in [-0.2, -0.15) is 35.3 Å². The molecule has 464 valence electrons. The number of rotatable bonds is 15. The van der Waals surface area contributed by atoms with E-state index in [2.05, 4.69) is 314 Å². The maximum atomic E-state index is 2.74. The minimum atomic E-state index is -0.0873. The van der Waals surface area contributed by atoms with Crippen molar-refractivity contribution in [1.29, 1.82) is 0 Å². The number of thioether (sulfide) groups is 3. The summed E-state index contributed by atoms with van der Waals surface area (Å²) >= 11 is 6.27. The van der Waals surface area contributed by atoms with Crippen molar-refractivity contribution in [3.05, 3.63) is 241 Å². The van der Waals surface area contributed by atoms with E-state index in [0.717, 1.165) is 38.6 Å². The maximum Gasteiger partial charge on any atom is 0.0658 e. The molecule has 3 aliphatic heterocycles. The first-order chi connectivity index (χ1) is 45.6. The number of para-hydroxylation sites is 3. The van der Waals surface area contributed by atoms with Gasteiger partial charge < -0.3 is 14.7 Å². The van der Waals surface area contributed by atoms with Gasteiger partial charge in [-0.15, -0.1) is 0 Å². The summed E-state index contributed by atoms with van der Waals surface area (Å²) in [6, 6.07) is 88.0. The van der Waals surface area contributed by atoms with Crippen LogP contribution in [0.15, 0.2) is 224 Å². The van der Waals surface area contributed by atoms with Crippen molar-refractivity contribution >= 4 is 112 Å². The molecule has 0 aromatic heterocycles. The molecule has 17 rings (SSSR count). The highest BCUT2D eigenvalue weighted by molar-refractivity contribution is 8.00. The van der Waals surface area contributed by atoms with Gasteiger partial charge in [0.15, 0.2) is 0 Å². The molecule has 12 aromatic rings. The lowest BCUT2D eigenvalue weighted by atomic mass is 9.71. The molecular formula is C87H83N3S3. The van der Waals surface area contributed by atoms with Crippen molar-refractivity contribution in [2.75, 3.05) is 40.0 Å². The molecule has 5 atom stereocenters. The molecule has 5 aliphatic rings. The van der Waals surface area contributed by atoms with Gasteiger partial charge in [-0.05, 0) is 254 Å². The summed E-state index contributed by atoms with van der Waals surface area (Å²) in [6.45, 7) is 8.45. The van der Waals surface area contributed by atoms with Crippen LogP contribution in [0.3, 0.4) is 0 Å². The van der Waals surface area contributed by atoms with Gasteiger partial charge in [0.05, 0.1) is 25.3 Å². The molecule has 2 fully saturated rings. The van der Waals surface area contributed by atoms with E-state index in [1.165, 1.54) is 190 Å². The quantitative estimate of drug-likeness (QED) is 0.0742. The van der Waals surface area contributed by atoms with E-state index in [1.807, 2.05) is 0 Å². The van der Waals surface area contributed by atoms with Crippen molar-refractivity contribution in [1.82, 2.24) is 0 Å². The van der Waals surface area contributed by atoms with E-state index in [-0.39, 0.29) is 25.3 Å². The third-order valence-electron chi connectivity index (χ3n) is 23.7. The van der Waals surface area contributed by atoms with E-state index in [0.29, 0.717) is 0 Å². The molecule has 12 aromatic carbocycles. The van der Waals surface area contributed by atoms with Gasteiger partial charge in [0.1, 0.15) is 0 Å². The molecule has 0 saturated heterocycles. The number of hydrogen-bond acceptors (Lipinski definition) is 6.